The van der Waals surface area contributed by atoms with Gasteiger partial charge in [-0.1, -0.05) is 33.6 Å². The molecule has 0 aliphatic heterocycles. The van der Waals surface area contributed by atoms with E-state index in [2.05, 4.69) is 27.7 Å². The summed E-state index contributed by atoms with van der Waals surface area (Å²) in [6, 6.07) is 0. The minimum atomic E-state index is -0.333. The largest absolute Gasteiger partial charge is 0.507 e. The van der Waals surface area contributed by atoms with E-state index in [0.717, 1.165) is 5.92 Å². The third-order valence-electron chi connectivity index (χ3n) is 1.91. The predicted molar refractivity (Wildman–Crippen MR) is 40.5 cm³/mol. The Kier molecular flexibility index (Phi) is 3.71. The molecule has 0 rings (SSSR count). The van der Waals surface area contributed by atoms with E-state index >= 15 is 0 Å². The van der Waals surface area contributed by atoms with Crippen molar-refractivity contribution in [3.05, 3.63) is 0 Å². The Morgan fingerprint density at radius 1 is 1.38 bits per heavy atom. The van der Waals surface area contributed by atoms with Gasteiger partial charge in [-0.2, -0.15) is 0 Å². The number of halogens is 1. The highest BCUT2D eigenvalue weighted by molar-refractivity contribution is 6.95. The van der Waals surface area contributed by atoms with Crippen LogP contribution in [0.3, 0.4) is 0 Å². The van der Waals surface area contributed by atoms with Crippen LogP contribution in [0.15, 0.2) is 0 Å². The van der Waals surface area contributed by atoms with E-state index < -0.39 is 0 Å². The second kappa shape index (κ2) is 3.28. The first-order chi connectivity index (χ1) is 3.50. The Morgan fingerprint density at radius 3 is 1.75 bits per heavy atom. The summed E-state index contributed by atoms with van der Waals surface area (Å²) in [5.74, 6) is 0.742. The number of hydrogen-bond donors (Lipinski definition) is 0. The lowest BCUT2D eigenvalue weighted by molar-refractivity contribution is 0.478. The summed E-state index contributed by atoms with van der Waals surface area (Å²) in [7, 11) is 5.83. The van der Waals surface area contributed by atoms with Crippen LogP contribution in [0.1, 0.15) is 27.7 Å². The van der Waals surface area contributed by atoms with Crippen LogP contribution in [0.2, 0.25) is 3.54 Å². The molecule has 0 N–H and O–H groups in total. The van der Waals surface area contributed by atoms with Crippen molar-refractivity contribution in [2.45, 2.75) is 31.2 Å². The highest BCUT2D eigenvalue weighted by Gasteiger charge is 2.23. The maximum absolute atomic E-state index is 5.83. The molecule has 0 atom stereocenters. The van der Waals surface area contributed by atoms with Gasteiger partial charge in [0.2, 0.25) is 0 Å². The van der Waals surface area contributed by atoms with E-state index in [4.69, 9.17) is 9.07 Å². The van der Waals surface area contributed by atoms with Crippen molar-refractivity contribution >= 4 is 28.3 Å². The lowest BCUT2D eigenvalue weighted by Crippen LogP contribution is -2.15. The molecule has 0 amide bonds. The van der Waals surface area contributed by atoms with E-state index in [1.165, 1.54) is 0 Å². The Labute approximate surface area is 65.5 Å². The molecule has 0 aromatic carbocycles. The molecule has 2 heteroatoms. The molecular formula is C6H13ClMg. The first kappa shape index (κ1) is 9.06. The van der Waals surface area contributed by atoms with Crippen LogP contribution in [0.5, 0.6) is 0 Å². The monoisotopic (exact) mass is 144 g/mol. The Hall–Kier alpha value is 1.06. The van der Waals surface area contributed by atoms with Crippen molar-refractivity contribution in [3.63, 3.8) is 0 Å². The van der Waals surface area contributed by atoms with E-state index in [1.54, 1.807) is 0 Å². The molecule has 0 radical (unpaired) electrons. The Morgan fingerprint density at radius 2 is 1.75 bits per heavy atom. The van der Waals surface area contributed by atoms with Gasteiger partial charge in [-0.25, -0.2) is 0 Å². The number of rotatable bonds is 2. The third-order valence-corrected chi connectivity index (χ3v) is 5.48. The predicted octanol–water partition coefficient (Wildman–Crippen LogP) is 2.70. The summed E-state index contributed by atoms with van der Waals surface area (Å²) in [4.78, 5) is 0. The maximum atomic E-state index is 5.83. The van der Waals surface area contributed by atoms with Crippen molar-refractivity contribution in [3.8, 4) is 0 Å². The molecule has 8 heavy (non-hydrogen) atoms. The van der Waals surface area contributed by atoms with Crippen LogP contribution in [0, 0.1) is 5.92 Å². The standard InChI is InChI=1S/C6H13.ClH.Mg/c1-5(2)6(3)4;;/h5H,1-4H3;1H;/q;;+1/p-1. The third kappa shape index (κ3) is 2.56. The molecule has 0 aliphatic rings. The molecule has 0 spiro atoms. The molecule has 0 saturated carbocycles. The normalized spacial score (nSPS) is 11.8. The van der Waals surface area contributed by atoms with Gasteiger partial charge in [0.25, 0.3) is 0 Å². The molecule has 0 aliphatic carbocycles. The van der Waals surface area contributed by atoms with Crippen LogP contribution in [-0.2, 0) is 0 Å². The first-order valence-electron chi connectivity index (χ1n) is 3.06. The fourth-order valence-electron chi connectivity index (χ4n) is 0.154. The van der Waals surface area contributed by atoms with E-state index in [-0.39, 0.29) is 19.3 Å². The second-order valence-corrected chi connectivity index (χ2v) is 6.17. The van der Waals surface area contributed by atoms with E-state index in [9.17, 15) is 0 Å². The fourth-order valence-corrected chi connectivity index (χ4v) is 1.39. The minimum absolute atomic E-state index is 0.333. The molecule has 46 valence electrons. The van der Waals surface area contributed by atoms with Crippen molar-refractivity contribution < 1.29 is 0 Å². The van der Waals surface area contributed by atoms with Gasteiger partial charge in [-0.3, -0.25) is 0 Å². The molecule has 0 nitrogen and oxygen atoms in total. The topological polar surface area (TPSA) is 0 Å². The summed E-state index contributed by atoms with van der Waals surface area (Å²) >= 11 is -0.333. The molecule has 0 bridgehead atoms. The van der Waals surface area contributed by atoms with Crippen LogP contribution in [0.25, 0.3) is 0 Å². The van der Waals surface area contributed by atoms with Gasteiger partial charge in [0.1, 0.15) is 0 Å². The molecule has 0 aromatic rings. The summed E-state index contributed by atoms with van der Waals surface area (Å²) < 4.78 is 0.446. The molecule has 0 saturated heterocycles. The van der Waals surface area contributed by atoms with Gasteiger partial charge in [0, 0.05) is 0 Å². The highest BCUT2D eigenvalue weighted by atomic mass is 35.5. The summed E-state index contributed by atoms with van der Waals surface area (Å²) in [5, 5.41) is 0. The van der Waals surface area contributed by atoms with Gasteiger partial charge in [0.15, 0.2) is 0 Å². The van der Waals surface area contributed by atoms with Crippen molar-refractivity contribution in [2.24, 2.45) is 5.92 Å². The van der Waals surface area contributed by atoms with Gasteiger partial charge in [-0.05, 0) is 0 Å². The van der Waals surface area contributed by atoms with Gasteiger partial charge >= 0.3 is 19.3 Å². The van der Waals surface area contributed by atoms with Crippen LogP contribution >= 0.6 is 9.07 Å². The average Bonchev–Trinajstić information content (AvgIpc) is 1.67. The fraction of sp³-hybridized carbons (Fsp3) is 1.00. The van der Waals surface area contributed by atoms with Gasteiger partial charge in [0.05, 0.1) is 0 Å². The van der Waals surface area contributed by atoms with E-state index in [1.807, 2.05) is 0 Å². The quantitative estimate of drug-likeness (QED) is 0.524. The van der Waals surface area contributed by atoms with Crippen molar-refractivity contribution in [1.82, 2.24) is 0 Å². The summed E-state index contributed by atoms with van der Waals surface area (Å²) in [6.07, 6.45) is 0. The SMILES string of the molecule is CC(C)[C](C)(C)[Mg][Cl]. The molecule has 0 unspecified atom stereocenters. The first-order valence-corrected chi connectivity index (χ1v) is 5.91. The number of hydrogen-bond acceptors (Lipinski definition) is 0. The minimum Gasteiger partial charge on any atom is -0.345 e. The molecule has 0 aromatic heterocycles. The Balaban J connectivity index is 3.71. The molecule has 0 heterocycles. The summed E-state index contributed by atoms with van der Waals surface area (Å²) in [5.41, 5.74) is 0. The zero-order valence-electron chi connectivity index (χ0n) is 6.16. The van der Waals surface area contributed by atoms with E-state index in [0.29, 0.717) is 3.54 Å². The summed E-state index contributed by atoms with van der Waals surface area (Å²) in [6.45, 7) is 8.96. The van der Waals surface area contributed by atoms with Crippen LogP contribution in [0.4, 0.5) is 0 Å². The zero-order chi connectivity index (χ0) is 6.78. The van der Waals surface area contributed by atoms with Crippen LogP contribution in [-0.4, -0.2) is 19.3 Å². The van der Waals surface area contributed by atoms with Crippen molar-refractivity contribution in [2.75, 3.05) is 0 Å². The molecule has 0 fully saturated rings. The average molecular weight is 145 g/mol. The Bertz CT molecular complexity index is 68.9. The molecular weight excluding hydrogens is 132 g/mol. The highest BCUT2D eigenvalue weighted by Crippen LogP contribution is 2.33. The maximum Gasteiger partial charge on any atom is 0.507 e. The van der Waals surface area contributed by atoms with Crippen molar-refractivity contribution in [1.29, 1.82) is 0 Å². The smallest absolute Gasteiger partial charge is 0.345 e. The van der Waals surface area contributed by atoms with Gasteiger partial charge < -0.3 is 9.07 Å². The van der Waals surface area contributed by atoms with Crippen LogP contribution < -0.4 is 0 Å². The lowest BCUT2D eigenvalue weighted by Gasteiger charge is -2.25. The van der Waals surface area contributed by atoms with Gasteiger partial charge in [-0.15, -0.1) is 3.54 Å². The second-order valence-electron chi connectivity index (χ2n) is 3.28. The zero-order valence-corrected chi connectivity index (χ0v) is 8.33. The lowest BCUT2D eigenvalue weighted by atomic mass is 9.99.